The molecule has 0 aromatic heterocycles. The van der Waals surface area contributed by atoms with Gasteiger partial charge < -0.3 is 5.73 Å². The van der Waals surface area contributed by atoms with Crippen LogP contribution in [0, 0.1) is 0 Å². The third-order valence-electron chi connectivity index (χ3n) is 4.93. The normalized spacial score (nSPS) is 18.7. The van der Waals surface area contributed by atoms with Gasteiger partial charge in [-0.3, -0.25) is 4.90 Å². The molecule has 1 heterocycles. The average Bonchev–Trinajstić information content (AvgIpc) is 2.93. The van der Waals surface area contributed by atoms with Gasteiger partial charge in [0, 0.05) is 11.6 Å². The molecule has 2 nitrogen and oxygen atoms in total. The molecular weight excluding hydrogens is 244 g/mol. The van der Waals surface area contributed by atoms with E-state index >= 15 is 0 Å². The van der Waals surface area contributed by atoms with Crippen molar-refractivity contribution in [3.05, 3.63) is 35.4 Å². The molecule has 112 valence electrons. The first-order chi connectivity index (χ1) is 9.41. The second-order valence-corrected chi connectivity index (χ2v) is 7.05. The molecule has 0 spiro atoms. The largest absolute Gasteiger partial charge is 0.326 e. The molecule has 2 rings (SSSR count). The summed E-state index contributed by atoms with van der Waals surface area (Å²) in [5.41, 5.74) is 9.37. The molecule has 20 heavy (non-hydrogen) atoms. The topological polar surface area (TPSA) is 29.3 Å². The van der Waals surface area contributed by atoms with Crippen LogP contribution < -0.4 is 5.73 Å². The molecule has 0 saturated carbocycles. The van der Waals surface area contributed by atoms with E-state index in [0.29, 0.717) is 5.92 Å². The van der Waals surface area contributed by atoms with Crippen LogP contribution in [0.5, 0.6) is 0 Å². The fraction of sp³-hybridized carbons (Fsp3) is 0.667. The standard InChI is InChI=1S/C18H30N2/c1-14(2)16-9-7-15(8-10-16)13-17(19)18(3,4)20-11-5-6-12-20/h7-10,14,17H,5-6,11-13,19H2,1-4H3. The predicted octanol–water partition coefficient (Wildman–Crippen LogP) is 3.55. The minimum Gasteiger partial charge on any atom is -0.326 e. The Morgan fingerprint density at radius 3 is 2.15 bits per heavy atom. The molecule has 1 fully saturated rings. The van der Waals surface area contributed by atoms with Crippen molar-refractivity contribution in [1.29, 1.82) is 0 Å². The van der Waals surface area contributed by atoms with E-state index in [2.05, 4.69) is 56.9 Å². The van der Waals surface area contributed by atoms with E-state index in [4.69, 9.17) is 5.73 Å². The van der Waals surface area contributed by atoms with Crippen LogP contribution in [-0.4, -0.2) is 29.6 Å². The first-order valence-electron chi connectivity index (χ1n) is 8.00. The number of nitrogens with zero attached hydrogens (tertiary/aromatic N) is 1. The Balaban J connectivity index is 2.01. The lowest BCUT2D eigenvalue weighted by Crippen LogP contribution is -2.55. The molecule has 2 N–H and O–H groups in total. The summed E-state index contributed by atoms with van der Waals surface area (Å²) in [6.45, 7) is 11.5. The van der Waals surface area contributed by atoms with Crippen LogP contribution in [0.3, 0.4) is 0 Å². The van der Waals surface area contributed by atoms with E-state index < -0.39 is 0 Å². The van der Waals surface area contributed by atoms with Crippen LogP contribution in [0.15, 0.2) is 24.3 Å². The van der Waals surface area contributed by atoms with E-state index in [1.54, 1.807) is 0 Å². The smallest absolute Gasteiger partial charge is 0.0307 e. The van der Waals surface area contributed by atoms with E-state index in [0.717, 1.165) is 6.42 Å². The van der Waals surface area contributed by atoms with E-state index in [1.165, 1.54) is 37.1 Å². The number of hydrogen-bond acceptors (Lipinski definition) is 2. The maximum Gasteiger partial charge on any atom is 0.0307 e. The molecule has 0 aliphatic carbocycles. The molecule has 0 radical (unpaired) electrons. The van der Waals surface area contributed by atoms with Crippen LogP contribution in [0.4, 0.5) is 0 Å². The minimum absolute atomic E-state index is 0.0905. The molecule has 0 amide bonds. The highest BCUT2D eigenvalue weighted by atomic mass is 15.2. The van der Waals surface area contributed by atoms with Crippen molar-refractivity contribution >= 4 is 0 Å². The van der Waals surface area contributed by atoms with Crippen molar-refractivity contribution in [2.24, 2.45) is 5.73 Å². The third-order valence-corrected chi connectivity index (χ3v) is 4.93. The second kappa shape index (κ2) is 6.28. The van der Waals surface area contributed by atoms with Crippen molar-refractivity contribution in [2.45, 2.75) is 64.5 Å². The summed E-state index contributed by atoms with van der Waals surface area (Å²) in [7, 11) is 0. The Bertz CT molecular complexity index is 414. The Morgan fingerprint density at radius 1 is 1.10 bits per heavy atom. The van der Waals surface area contributed by atoms with E-state index in [-0.39, 0.29) is 11.6 Å². The lowest BCUT2D eigenvalue weighted by Gasteiger charge is -2.40. The predicted molar refractivity (Wildman–Crippen MR) is 87.1 cm³/mol. The molecule has 1 aromatic rings. The lowest BCUT2D eigenvalue weighted by molar-refractivity contribution is 0.123. The van der Waals surface area contributed by atoms with Crippen molar-refractivity contribution in [2.75, 3.05) is 13.1 Å². The van der Waals surface area contributed by atoms with Crippen LogP contribution in [0.2, 0.25) is 0 Å². The molecule has 1 unspecified atom stereocenters. The molecule has 1 aliphatic heterocycles. The maximum atomic E-state index is 6.52. The second-order valence-electron chi connectivity index (χ2n) is 7.05. The molecule has 1 atom stereocenters. The molecular formula is C18H30N2. The molecule has 1 saturated heterocycles. The maximum absolute atomic E-state index is 6.52. The quantitative estimate of drug-likeness (QED) is 0.889. The Morgan fingerprint density at radius 2 is 1.65 bits per heavy atom. The van der Waals surface area contributed by atoms with Gasteiger partial charge in [0.25, 0.3) is 0 Å². The Labute approximate surface area is 124 Å². The van der Waals surface area contributed by atoms with Gasteiger partial charge in [0.2, 0.25) is 0 Å². The fourth-order valence-corrected chi connectivity index (χ4v) is 3.07. The summed E-state index contributed by atoms with van der Waals surface area (Å²) in [5.74, 6) is 0.596. The zero-order valence-electron chi connectivity index (χ0n) is 13.5. The Hall–Kier alpha value is -0.860. The average molecular weight is 274 g/mol. The molecule has 2 heteroatoms. The van der Waals surface area contributed by atoms with Crippen molar-refractivity contribution in [3.63, 3.8) is 0 Å². The summed E-state index contributed by atoms with van der Waals surface area (Å²) in [6.07, 6.45) is 3.60. The zero-order valence-corrected chi connectivity index (χ0v) is 13.5. The number of likely N-dealkylation sites (tertiary alicyclic amines) is 1. The van der Waals surface area contributed by atoms with Gasteiger partial charge in [-0.1, -0.05) is 38.1 Å². The first-order valence-corrected chi connectivity index (χ1v) is 8.00. The highest BCUT2D eigenvalue weighted by Crippen LogP contribution is 2.25. The van der Waals surface area contributed by atoms with Crippen LogP contribution in [-0.2, 0) is 6.42 Å². The summed E-state index contributed by atoms with van der Waals surface area (Å²) in [6, 6.07) is 9.17. The number of nitrogens with two attached hydrogens (primary N) is 1. The SMILES string of the molecule is CC(C)c1ccc(CC(N)C(C)(C)N2CCCC2)cc1. The van der Waals surface area contributed by atoms with Gasteiger partial charge in [-0.05, 0) is 63.2 Å². The monoisotopic (exact) mass is 274 g/mol. The van der Waals surface area contributed by atoms with Gasteiger partial charge in [0.15, 0.2) is 0 Å². The fourth-order valence-electron chi connectivity index (χ4n) is 3.07. The lowest BCUT2D eigenvalue weighted by atomic mass is 9.88. The van der Waals surface area contributed by atoms with E-state index in [1.807, 2.05) is 0 Å². The third kappa shape index (κ3) is 3.42. The summed E-state index contributed by atoms with van der Waals surface area (Å²) >= 11 is 0. The first kappa shape index (κ1) is 15.5. The number of rotatable bonds is 5. The van der Waals surface area contributed by atoms with Gasteiger partial charge in [-0.2, -0.15) is 0 Å². The summed E-state index contributed by atoms with van der Waals surface area (Å²) < 4.78 is 0. The molecule has 1 aromatic carbocycles. The van der Waals surface area contributed by atoms with Crippen molar-refractivity contribution < 1.29 is 0 Å². The molecule has 0 bridgehead atoms. The van der Waals surface area contributed by atoms with Gasteiger partial charge in [-0.25, -0.2) is 0 Å². The van der Waals surface area contributed by atoms with Gasteiger partial charge in [-0.15, -0.1) is 0 Å². The van der Waals surface area contributed by atoms with E-state index in [9.17, 15) is 0 Å². The highest BCUT2D eigenvalue weighted by Gasteiger charge is 2.34. The zero-order chi connectivity index (χ0) is 14.8. The van der Waals surface area contributed by atoms with Gasteiger partial charge in [0.05, 0.1) is 0 Å². The van der Waals surface area contributed by atoms with Crippen LogP contribution in [0.25, 0.3) is 0 Å². The van der Waals surface area contributed by atoms with Gasteiger partial charge >= 0.3 is 0 Å². The molecule has 1 aliphatic rings. The highest BCUT2D eigenvalue weighted by molar-refractivity contribution is 5.25. The summed E-state index contributed by atoms with van der Waals surface area (Å²) in [5, 5.41) is 0. The van der Waals surface area contributed by atoms with Crippen molar-refractivity contribution in [3.8, 4) is 0 Å². The van der Waals surface area contributed by atoms with Crippen LogP contribution in [0.1, 0.15) is 57.6 Å². The Kier molecular flexibility index (Phi) is 4.87. The van der Waals surface area contributed by atoms with Crippen molar-refractivity contribution in [1.82, 2.24) is 4.90 Å². The van der Waals surface area contributed by atoms with Gasteiger partial charge in [0.1, 0.15) is 0 Å². The minimum atomic E-state index is 0.0905. The summed E-state index contributed by atoms with van der Waals surface area (Å²) in [4.78, 5) is 2.56. The van der Waals surface area contributed by atoms with Crippen LogP contribution >= 0.6 is 0 Å². The number of benzene rings is 1. The number of hydrogen-bond donors (Lipinski definition) is 1.